The first-order chi connectivity index (χ1) is 9.84. The molecule has 0 aliphatic carbocycles. The van der Waals surface area contributed by atoms with Gasteiger partial charge in [0.05, 0.1) is 16.2 Å². The monoisotopic (exact) mass is 290 g/mol. The number of nitro groups is 1. The van der Waals surface area contributed by atoms with Crippen molar-refractivity contribution in [3.63, 3.8) is 0 Å². The molecule has 114 valence electrons. The summed E-state index contributed by atoms with van der Waals surface area (Å²) in [5, 5.41) is 20.1. The molecular formula is C15H22N4O2. The van der Waals surface area contributed by atoms with Crippen molar-refractivity contribution < 1.29 is 4.92 Å². The van der Waals surface area contributed by atoms with Crippen LogP contribution in [0.5, 0.6) is 0 Å². The molecule has 0 saturated carbocycles. The largest absolute Gasteiger partial charge is 0.370 e. The lowest BCUT2D eigenvalue weighted by atomic mass is 9.92. The topological polar surface area (TPSA) is 96.2 Å². The number of benzene rings is 1. The minimum absolute atomic E-state index is 0.0650. The molecule has 0 fully saturated rings. The van der Waals surface area contributed by atoms with Gasteiger partial charge in [-0.25, -0.2) is 0 Å². The maximum absolute atomic E-state index is 10.8. The van der Waals surface area contributed by atoms with Crippen LogP contribution in [0.15, 0.2) is 18.2 Å². The Bertz CT molecular complexity index is 549. The quantitative estimate of drug-likeness (QED) is 0.615. The molecule has 1 aromatic rings. The summed E-state index contributed by atoms with van der Waals surface area (Å²) in [6.45, 7) is 8.18. The first-order valence-corrected chi connectivity index (χ1v) is 6.98. The van der Waals surface area contributed by atoms with E-state index in [1.807, 2.05) is 0 Å². The third-order valence-electron chi connectivity index (χ3n) is 3.32. The predicted molar refractivity (Wildman–Crippen MR) is 83.2 cm³/mol. The van der Waals surface area contributed by atoms with E-state index in [9.17, 15) is 15.4 Å². The van der Waals surface area contributed by atoms with Crippen molar-refractivity contribution in [2.75, 3.05) is 24.5 Å². The van der Waals surface area contributed by atoms with Crippen LogP contribution >= 0.6 is 0 Å². The minimum Gasteiger partial charge on any atom is -0.370 e. The highest BCUT2D eigenvalue weighted by Crippen LogP contribution is 2.28. The number of nitriles is 1. The van der Waals surface area contributed by atoms with E-state index in [1.165, 1.54) is 12.1 Å². The standard InChI is InChI=1S/C15H22N4O2/c1-4-7-18(11-15(2,3)10-17)14-6-5-13(19(20)21)8-12(14)9-16/h5-6,8H,4,7,10-11,17H2,1-3H3. The summed E-state index contributed by atoms with van der Waals surface area (Å²) in [4.78, 5) is 12.4. The van der Waals surface area contributed by atoms with E-state index in [0.29, 0.717) is 18.7 Å². The van der Waals surface area contributed by atoms with Gasteiger partial charge in [0.25, 0.3) is 5.69 Å². The van der Waals surface area contributed by atoms with E-state index >= 15 is 0 Å². The van der Waals surface area contributed by atoms with Crippen molar-refractivity contribution in [2.45, 2.75) is 27.2 Å². The van der Waals surface area contributed by atoms with Crippen LogP contribution in [0, 0.1) is 26.9 Å². The summed E-state index contributed by atoms with van der Waals surface area (Å²) in [6.07, 6.45) is 0.919. The molecule has 0 radical (unpaired) electrons. The number of hydrogen-bond donors (Lipinski definition) is 1. The van der Waals surface area contributed by atoms with Crippen LogP contribution in [-0.4, -0.2) is 24.6 Å². The lowest BCUT2D eigenvalue weighted by molar-refractivity contribution is -0.384. The number of nitrogens with zero attached hydrogens (tertiary/aromatic N) is 3. The van der Waals surface area contributed by atoms with Gasteiger partial charge in [-0.2, -0.15) is 5.26 Å². The number of hydrogen-bond acceptors (Lipinski definition) is 5. The van der Waals surface area contributed by atoms with Gasteiger partial charge in [-0.3, -0.25) is 10.1 Å². The molecule has 1 rings (SSSR count). The highest BCUT2D eigenvalue weighted by atomic mass is 16.6. The zero-order chi connectivity index (χ0) is 16.0. The smallest absolute Gasteiger partial charge is 0.270 e. The maximum Gasteiger partial charge on any atom is 0.270 e. The Morgan fingerprint density at radius 3 is 2.62 bits per heavy atom. The van der Waals surface area contributed by atoms with Crippen LogP contribution in [0.3, 0.4) is 0 Å². The Morgan fingerprint density at radius 2 is 2.14 bits per heavy atom. The molecule has 0 unspecified atom stereocenters. The second-order valence-corrected chi connectivity index (χ2v) is 5.86. The molecule has 1 aromatic carbocycles. The number of nitro benzene ring substituents is 1. The van der Waals surface area contributed by atoms with Crippen molar-refractivity contribution >= 4 is 11.4 Å². The summed E-state index contributed by atoms with van der Waals surface area (Å²) < 4.78 is 0. The van der Waals surface area contributed by atoms with Crippen molar-refractivity contribution in [3.05, 3.63) is 33.9 Å². The molecule has 0 aliphatic rings. The average molecular weight is 290 g/mol. The zero-order valence-corrected chi connectivity index (χ0v) is 12.8. The molecule has 0 aliphatic heterocycles. The van der Waals surface area contributed by atoms with Gasteiger partial charge >= 0.3 is 0 Å². The molecule has 0 heterocycles. The Kier molecular flexibility index (Phi) is 5.68. The summed E-state index contributed by atoms with van der Waals surface area (Å²) in [5.41, 5.74) is 6.68. The first-order valence-electron chi connectivity index (χ1n) is 6.98. The van der Waals surface area contributed by atoms with Crippen molar-refractivity contribution in [1.82, 2.24) is 0 Å². The zero-order valence-electron chi connectivity index (χ0n) is 12.8. The van der Waals surface area contributed by atoms with Gasteiger partial charge in [0.1, 0.15) is 6.07 Å². The molecule has 6 nitrogen and oxygen atoms in total. The SMILES string of the molecule is CCCN(CC(C)(C)CN)c1ccc([N+](=O)[O-])cc1C#N. The summed E-state index contributed by atoms with van der Waals surface area (Å²) in [7, 11) is 0. The lowest BCUT2D eigenvalue weighted by Crippen LogP contribution is -2.39. The fourth-order valence-corrected chi connectivity index (χ4v) is 2.14. The molecular weight excluding hydrogens is 268 g/mol. The predicted octanol–water partition coefficient (Wildman–Crippen LogP) is 2.67. The van der Waals surface area contributed by atoms with Crippen LogP contribution in [0.1, 0.15) is 32.8 Å². The molecule has 0 saturated heterocycles. The van der Waals surface area contributed by atoms with Crippen LogP contribution in [-0.2, 0) is 0 Å². The van der Waals surface area contributed by atoms with E-state index < -0.39 is 4.92 Å². The second kappa shape index (κ2) is 7.04. The fraction of sp³-hybridized carbons (Fsp3) is 0.533. The van der Waals surface area contributed by atoms with Gasteiger partial charge < -0.3 is 10.6 Å². The van der Waals surface area contributed by atoms with E-state index in [1.54, 1.807) is 6.07 Å². The second-order valence-electron chi connectivity index (χ2n) is 5.86. The van der Waals surface area contributed by atoms with Crippen LogP contribution in [0.4, 0.5) is 11.4 Å². The van der Waals surface area contributed by atoms with Gasteiger partial charge in [0.15, 0.2) is 0 Å². The molecule has 0 amide bonds. The van der Waals surface area contributed by atoms with E-state index in [0.717, 1.165) is 18.7 Å². The van der Waals surface area contributed by atoms with Crippen molar-refractivity contribution in [2.24, 2.45) is 11.1 Å². The molecule has 2 N–H and O–H groups in total. The number of rotatable bonds is 7. The summed E-state index contributed by atoms with van der Waals surface area (Å²) in [5.74, 6) is 0. The van der Waals surface area contributed by atoms with Gasteiger partial charge in [-0.1, -0.05) is 20.8 Å². The summed E-state index contributed by atoms with van der Waals surface area (Å²) in [6, 6.07) is 6.47. The number of anilines is 1. The normalized spacial score (nSPS) is 11.0. The first kappa shape index (κ1) is 16.9. The van der Waals surface area contributed by atoms with Gasteiger partial charge in [-0.15, -0.1) is 0 Å². The highest BCUT2D eigenvalue weighted by molar-refractivity contribution is 5.63. The fourth-order valence-electron chi connectivity index (χ4n) is 2.14. The Morgan fingerprint density at radius 1 is 1.48 bits per heavy atom. The third-order valence-corrected chi connectivity index (χ3v) is 3.32. The minimum atomic E-state index is -0.487. The van der Waals surface area contributed by atoms with Crippen LogP contribution in [0.2, 0.25) is 0 Å². The molecule has 21 heavy (non-hydrogen) atoms. The van der Waals surface area contributed by atoms with Crippen molar-refractivity contribution in [3.8, 4) is 6.07 Å². The Hall–Kier alpha value is -2.13. The highest BCUT2D eigenvalue weighted by Gasteiger charge is 2.22. The van der Waals surface area contributed by atoms with Crippen LogP contribution in [0.25, 0.3) is 0 Å². The molecule has 0 bridgehead atoms. The van der Waals surface area contributed by atoms with E-state index in [-0.39, 0.29) is 11.1 Å². The van der Waals surface area contributed by atoms with E-state index in [4.69, 9.17) is 5.73 Å². The van der Waals surface area contributed by atoms with Crippen LogP contribution < -0.4 is 10.6 Å². The van der Waals surface area contributed by atoms with Crippen molar-refractivity contribution in [1.29, 1.82) is 5.26 Å². The Balaban J connectivity index is 3.19. The maximum atomic E-state index is 10.8. The van der Waals surface area contributed by atoms with E-state index in [2.05, 4.69) is 31.7 Å². The lowest BCUT2D eigenvalue weighted by Gasteiger charge is -2.33. The molecule has 0 aromatic heterocycles. The van der Waals surface area contributed by atoms with Gasteiger partial charge in [0, 0.05) is 25.2 Å². The molecule has 0 spiro atoms. The third kappa shape index (κ3) is 4.43. The number of nitrogens with two attached hydrogens (primary N) is 1. The van der Waals surface area contributed by atoms with Gasteiger partial charge in [0.2, 0.25) is 0 Å². The molecule has 6 heteroatoms. The number of non-ortho nitro benzene ring substituents is 1. The summed E-state index contributed by atoms with van der Waals surface area (Å²) >= 11 is 0. The average Bonchev–Trinajstić information content (AvgIpc) is 2.45. The Labute approximate surface area is 125 Å². The molecule has 0 atom stereocenters. The van der Waals surface area contributed by atoms with Gasteiger partial charge in [-0.05, 0) is 24.4 Å².